The van der Waals surface area contributed by atoms with Crippen molar-refractivity contribution in [2.24, 2.45) is 0 Å². The number of amides is 1. The average molecular weight is 340 g/mol. The summed E-state index contributed by atoms with van der Waals surface area (Å²) in [6, 6.07) is 5.88. The third-order valence-electron chi connectivity index (χ3n) is 3.53. The first-order valence-electron chi connectivity index (χ1n) is 6.76. The van der Waals surface area contributed by atoms with Crippen LogP contribution in [0, 0.1) is 0 Å². The van der Waals surface area contributed by atoms with Crippen molar-refractivity contribution in [3.05, 3.63) is 28.2 Å². The Kier molecular flexibility index (Phi) is 4.81. The molecule has 4 nitrogen and oxygen atoms in total. The van der Waals surface area contributed by atoms with E-state index in [1.165, 1.54) is 7.11 Å². The molecule has 0 bridgehead atoms. The highest BCUT2D eigenvalue weighted by Crippen LogP contribution is 2.41. The van der Waals surface area contributed by atoms with Crippen LogP contribution in [-0.4, -0.2) is 25.5 Å². The summed E-state index contributed by atoms with van der Waals surface area (Å²) in [4.78, 5) is 25.7. The summed E-state index contributed by atoms with van der Waals surface area (Å²) in [6.45, 7) is 2.76. The molecule has 0 fully saturated rings. The van der Waals surface area contributed by atoms with Crippen LogP contribution in [0.2, 0.25) is 0 Å². The first-order valence-corrected chi connectivity index (χ1v) is 7.55. The minimum atomic E-state index is -0.275. The summed E-state index contributed by atoms with van der Waals surface area (Å²) < 4.78 is 5.61. The Balaban J connectivity index is 2.27. The maximum atomic E-state index is 12.5. The molecule has 0 radical (unpaired) electrons. The molecule has 0 N–H and O–H groups in total. The number of carbonyl (C=O) groups is 2. The quantitative estimate of drug-likeness (QED) is 0.773. The Morgan fingerprint density at radius 1 is 1.45 bits per heavy atom. The Bertz CT molecular complexity index is 530. The standard InChI is InChI=1S/C15H18BrNO3/c1-3-8-17-13-6-4-10(16)9-12(13)11(15(17)19)5-7-14(18)20-2/h4,6,9,11H,3,5,7-8H2,1-2H3. The first-order chi connectivity index (χ1) is 9.58. The molecule has 1 aliphatic heterocycles. The lowest BCUT2D eigenvalue weighted by atomic mass is 9.96. The van der Waals surface area contributed by atoms with E-state index in [0.29, 0.717) is 13.0 Å². The highest BCUT2D eigenvalue weighted by molar-refractivity contribution is 9.10. The van der Waals surface area contributed by atoms with Gasteiger partial charge in [-0.15, -0.1) is 0 Å². The second-order valence-corrected chi connectivity index (χ2v) is 5.78. The van der Waals surface area contributed by atoms with Gasteiger partial charge in [0, 0.05) is 23.1 Å². The molecule has 0 aromatic heterocycles. The van der Waals surface area contributed by atoms with Gasteiger partial charge < -0.3 is 9.64 Å². The fourth-order valence-electron chi connectivity index (χ4n) is 2.59. The molecule has 0 saturated heterocycles. The zero-order valence-electron chi connectivity index (χ0n) is 11.7. The molecule has 1 aromatic rings. The van der Waals surface area contributed by atoms with Crippen LogP contribution in [0.5, 0.6) is 0 Å². The van der Waals surface area contributed by atoms with E-state index >= 15 is 0 Å². The van der Waals surface area contributed by atoms with E-state index in [1.807, 2.05) is 30.0 Å². The summed E-state index contributed by atoms with van der Waals surface area (Å²) in [5.41, 5.74) is 1.97. The fourth-order valence-corrected chi connectivity index (χ4v) is 2.97. The molecule has 2 rings (SSSR count). The SMILES string of the molecule is CCCN1C(=O)C(CCC(=O)OC)c2cc(Br)ccc21. The van der Waals surface area contributed by atoms with E-state index in [2.05, 4.69) is 20.7 Å². The number of fused-ring (bicyclic) bond motifs is 1. The van der Waals surface area contributed by atoms with Crippen LogP contribution in [0.4, 0.5) is 5.69 Å². The van der Waals surface area contributed by atoms with Gasteiger partial charge in [0.1, 0.15) is 0 Å². The summed E-state index contributed by atoms with van der Waals surface area (Å²) in [5.74, 6) is -0.430. The van der Waals surface area contributed by atoms with Crippen molar-refractivity contribution < 1.29 is 14.3 Å². The van der Waals surface area contributed by atoms with Crippen LogP contribution in [-0.2, 0) is 14.3 Å². The van der Waals surface area contributed by atoms with Gasteiger partial charge in [-0.2, -0.15) is 0 Å². The summed E-state index contributed by atoms with van der Waals surface area (Å²) >= 11 is 3.44. The zero-order valence-corrected chi connectivity index (χ0v) is 13.3. The van der Waals surface area contributed by atoms with Crippen LogP contribution < -0.4 is 4.90 Å². The van der Waals surface area contributed by atoms with Gasteiger partial charge >= 0.3 is 5.97 Å². The lowest BCUT2D eigenvalue weighted by molar-refractivity contribution is -0.140. The van der Waals surface area contributed by atoms with Crippen LogP contribution in [0.15, 0.2) is 22.7 Å². The lowest BCUT2D eigenvalue weighted by Crippen LogP contribution is -2.29. The number of hydrogen-bond donors (Lipinski definition) is 0. The summed E-state index contributed by atoms with van der Waals surface area (Å²) in [5, 5.41) is 0. The molecule has 1 aliphatic rings. The Morgan fingerprint density at radius 2 is 2.20 bits per heavy atom. The number of ether oxygens (including phenoxy) is 1. The predicted molar refractivity (Wildman–Crippen MR) is 80.8 cm³/mol. The molecule has 1 amide bonds. The molecule has 5 heteroatoms. The molecule has 20 heavy (non-hydrogen) atoms. The van der Waals surface area contributed by atoms with E-state index in [0.717, 1.165) is 22.1 Å². The van der Waals surface area contributed by atoms with Crippen molar-refractivity contribution in [1.29, 1.82) is 0 Å². The summed E-state index contributed by atoms with van der Waals surface area (Å²) in [6.07, 6.45) is 1.67. The van der Waals surface area contributed by atoms with E-state index < -0.39 is 0 Å². The Hall–Kier alpha value is -1.36. The summed E-state index contributed by atoms with van der Waals surface area (Å²) in [7, 11) is 1.37. The number of carbonyl (C=O) groups excluding carboxylic acids is 2. The van der Waals surface area contributed by atoms with Crippen molar-refractivity contribution in [3.8, 4) is 0 Å². The Labute approximate surface area is 127 Å². The van der Waals surface area contributed by atoms with Crippen molar-refractivity contribution >= 4 is 33.5 Å². The molecular weight excluding hydrogens is 322 g/mol. The third kappa shape index (κ3) is 2.87. The fraction of sp³-hybridized carbons (Fsp3) is 0.467. The van der Waals surface area contributed by atoms with Gasteiger partial charge in [0.25, 0.3) is 0 Å². The molecule has 108 valence electrons. The topological polar surface area (TPSA) is 46.6 Å². The van der Waals surface area contributed by atoms with E-state index in [4.69, 9.17) is 0 Å². The Morgan fingerprint density at radius 3 is 2.85 bits per heavy atom. The maximum Gasteiger partial charge on any atom is 0.305 e. The number of nitrogens with zero attached hydrogens (tertiary/aromatic N) is 1. The maximum absolute atomic E-state index is 12.5. The van der Waals surface area contributed by atoms with E-state index in [9.17, 15) is 9.59 Å². The van der Waals surface area contributed by atoms with Crippen molar-refractivity contribution in [2.45, 2.75) is 32.1 Å². The minimum Gasteiger partial charge on any atom is -0.469 e. The van der Waals surface area contributed by atoms with Gasteiger partial charge in [-0.3, -0.25) is 9.59 Å². The highest BCUT2D eigenvalue weighted by Gasteiger charge is 2.36. The molecule has 1 heterocycles. The molecule has 1 unspecified atom stereocenters. The number of halogens is 1. The molecule has 1 atom stereocenters. The predicted octanol–water partition coefficient (Wildman–Crippen LogP) is 3.24. The van der Waals surface area contributed by atoms with Crippen molar-refractivity contribution in [1.82, 2.24) is 0 Å². The lowest BCUT2D eigenvalue weighted by Gasteiger charge is -2.16. The van der Waals surface area contributed by atoms with Crippen LogP contribution >= 0.6 is 15.9 Å². The molecule has 0 spiro atoms. The largest absolute Gasteiger partial charge is 0.469 e. The molecule has 0 aliphatic carbocycles. The number of methoxy groups -OCH3 is 1. The molecule has 1 aromatic carbocycles. The number of benzene rings is 1. The average Bonchev–Trinajstić information content (AvgIpc) is 2.69. The van der Waals surface area contributed by atoms with Crippen LogP contribution in [0.1, 0.15) is 37.7 Å². The van der Waals surface area contributed by atoms with Gasteiger partial charge in [0.05, 0.1) is 13.0 Å². The third-order valence-corrected chi connectivity index (χ3v) is 4.03. The number of rotatable bonds is 5. The van der Waals surface area contributed by atoms with E-state index in [1.54, 1.807) is 0 Å². The monoisotopic (exact) mass is 339 g/mol. The van der Waals surface area contributed by atoms with Gasteiger partial charge in [0.2, 0.25) is 5.91 Å². The minimum absolute atomic E-state index is 0.0869. The second kappa shape index (κ2) is 6.39. The molecular formula is C15H18BrNO3. The van der Waals surface area contributed by atoms with Crippen LogP contribution in [0.25, 0.3) is 0 Å². The zero-order chi connectivity index (χ0) is 14.7. The van der Waals surface area contributed by atoms with Gasteiger partial charge in [-0.05, 0) is 36.6 Å². The number of esters is 1. The van der Waals surface area contributed by atoms with Gasteiger partial charge in [-0.25, -0.2) is 0 Å². The van der Waals surface area contributed by atoms with E-state index in [-0.39, 0.29) is 24.2 Å². The van der Waals surface area contributed by atoms with Crippen LogP contribution in [0.3, 0.4) is 0 Å². The van der Waals surface area contributed by atoms with Gasteiger partial charge in [-0.1, -0.05) is 22.9 Å². The molecule has 0 saturated carbocycles. The highest BCUT2D eigenvalue weighted by atomic mass is 79.9. The van der Waals surface area contributed by atoms with Gasteiger partial charge in [0.15, 0.2) is 0 Å². The van der Waals surface area contributed by atoms with Crippen molar-refractivity contribution in [3.63, 3.8) is 0 Å². The smallest absolute Gasteiger partial charge is 0.305 e. The second-order valence-electron chi connectivity index (χ2n) is 4.86. The van der Waals surface area contributed by atoms with Crippen molar-refractivity contribution in [2.75, 3.05) is 18.6 Å². The normalized spacial score (nSPS) is 17.2. The first kappa shape index (κ1) is 15.0. The number of anilines is 1. The number of hydrogen-bond acceptors (Lipinski definition) is 3.